The molecular weight excluding hydrogens is 410 g/mol. The van der Waals surface area contributed by atoms with Crippen LogP contribution in [-0.4, -0.2) is 13.3 Å². The van der Waals surface area contributed by atoms with Gasteiger partial charge in [0.2, 0.25) is 0 Å². The second-order valence-electron chi connectivity index (χ2n) is 4.22. The first-order valence-corrected chi connectivity index (χ1v) is 8.72. The molecule has 122 valence electrons. The number of halogens is 4. The fraction of sp³-hybridized carbons (Fsp3) is 0. The van der Waals surface area contributed by atoms with Crippen LogP contribution in [-0.2, 0) is 10.0 Å². The Bertz CT molecular complexity index is 902. The quantitative estimate of drug-likeness (QED) is 0.561. The molecule has 0 spiro atoms. The van der Waals surface area contributed by atoms with Crippen molar-refractivity contribution in [2.45, 2.75) is 4.90 Å². The van der Waals surface area contributed by atoms with Crippen LogP contribution in [0.3, 0.4) is 0 Å². The van der Waals surface area contributed by atoms with E-state index in [1.54, 1.807) is 0 Å². The van der Waals surface area contributed by atoms with E-state index in [9.17, 15) is 18.5 Å². The summed E-state index contributed by atoms with van der Waals surface area (Å²) in [4.78, 5) is 9.93. The number of nitrogens with zero attached hydrogens (tertiary/aromatic N) is 1. The van der Waals surface area contributed by atoms with Crippen molar-refractivity contribution < 1.29 is 13.3 Å². The first kappa shape index (κ1) is 18.1. The summed E-state index contributed by atoms with van der Waals surface area (Å²) in [7, 11) is -4.22. The number of hydrogen-bond acceptors (Lipinski definition) is 4. The van der Waals surface area contributed by atoms with Gasteiger partial charge in [-0.15, -0.1) is 0 Å². The summed E-state index contributed by atoms with van der Waals surface area (Å²) in [6.07, 6.45) is 0. The predicted molar refractivity (Wildman–Crippen MR) is 90.4 cm³/mol. The molecule has 0 heterocycles. The van der Waals surface area contributed by atoms with Crippen molar-refractivity contribution in [3.8, 4) is 0 Å². The van der Waals surface area contributed by atoms with E-state index >= 15 is 0 Å². The Balaban J connectivity index is 2.55. The lowest BCUT2D eigenvalue weighted by atomic mass is 10.3. The van der Waals surface area contributed by atoms with Crippen LogP contribution in [0.2, 0.25) is 20.1 Å². The topological polar surface area (TPSA) is 89.3 Å². The molecule has 0 aliphatic carbocycles. The van der Waals surface area contributed by atoms with Gasteiger partial charge < -0.3 is 0 Å². The first-order chi connectivity index (χ1) is 10.6. The SMILES string of the molecule is O=[N+]([O-])c1cc(Cl)c(Cl)cc1NS(=O)(=O)c1cc(Cl)ccc1Cl. The lowest BCUT2D eigenvalue weighted by Crippen LogP contribution is -2.14. The van der Waals surface area contributed by atoms with Gasteiger partial charge in [0.25, 0.3) is 15.7 Å². The molecule has 0 fully saturated rings. The molecule has 2 aromatic carbocycles. The molecule has 0 unspecified atom stereocenters. The van der Waals surface area contributed by atoms with Crippen molar-refractivity contribution in [3.63, 3.8) is 0 Å². The molecule has 0 radical (unpaired) electrons. The van der Waals surface area contributed by atoms with E-state index in [4.69, 9.17) is 46.4 Å². The highest BCUT2D eigenvalue weighted by atomic mass is 35.5. The predicted octanol–water partition coefficient (Wildman–Crippen LogP) is 5.01. The monoisotopic (exact) mass is 414 g/mol. The molecule has 11 heteroatoms. The van der Waals surface area contributed by atoms with Crippen molar-refractivity contribution in [3.05, 3.63) is 60.5 Å². The Morgan fingerprint density at radius 2 is 1.57 bits per heavy atom. The molecule has 6 nitrogen and oxygen atoms in total. The summed E-state index contributed by atoms with van der Waals surface area (Å²) >= 11 is 23.1. The highest BCUT2D eigenvalue weighted by Gasteiger charge is 2.24. The van der Waals surface area contributed by atoms with Gasteiger partial charge in [-0.25, -0.2) is 8.42 Å². The van der Waals surface area contributed by atoms with Crippen LogP contribution in [0.25, 0.3) is 0 Å². The minimum absolute atomic E-state index is 0.0489. The van der Waals surface area contributed by atoms with Crippen molar-refractivity contribution in [2.75, 3.05) is 4.72 Å². The third-order valence-electron chi connectivity index (χ3n) is 2.66. The van der Waals surface area contributed by atoms with E-state index in [1.165, 1.54) is 12.1 Å². The van der Waals surface area contributed by atoms with Gasteiger partial charge >= 0.3 is 0 Å². The molecular formula is C12H6Cl4N2O4S. The molecule has 0 atom stereocenters. The van der Waals surface area contributed by atoms with E-state index in [0.29, 0.717) is 0 Å². The summed E-state index contributed by atoms with van der Waals surface area (Å²) < 4.78 is 26.9. The second-order valence-corrected chi connectivity index (χ2v) is 7.53. The zero-order valence-electron chi connectivity index (χ0n) is 10.9. The van der Waals surface area contributed by atoms with Gasteiger partial charge in [0.1, 0.15) is 10.6 Å². The summed E-state index contributed by atoms with van der Waals surface area (Å²) in [5, 5.41) is 11.0. The average Bonchev–Trinajstić information content (AvgIpc) is 2.44. The Morgan fingerprint density at radius 3 is 2.17 bits per heavy atom. The number of nitro benzene ring substituents is 1. The average molecular weight is 416 g/mol. The standard InChI is InChI=1S/C12H6Cl4N2O4S/c13-6-1-2-7(14)12(3-6)23(21,22)17-10-4-8(15)9(16)5-11(10)18(19)20/h1-5,17H. The molecule has 1 N–H and O–H groups in total. The second kappa shape index (κ2) is 6.70. The van der Waals surface area contributed by atoms with E-state index < -0.39 is 20.6 Å². The van der Waals surface area contributed by atoms with Crippen LogP contribution in [0.15, 0.2) is 35.2 Å². The van der Waals surface area contributed by atoms with Gasteiger partial charge in [0, 0.05) is 11.1 Å². The van der Waals surface area contributed by atoms with Gasteiger partial charge in [-0.05, 0) is 24.3 Å². The Hall–Kier alpha value is -1.25. The van der Waals surface area contributed by atoms with Gasteiger partial charge in [0.15, 0.2) is 0 Å². The largest absolute Gasteiger partial charge is 0.294 e. The van der Waals surface area contributed by atoms with Gasteiger partial charge in [-0.2, -0.15) is 0 Å². The maximum absolute atomic E-state index is 12.4. The van der Waals surface area contributed by atoms with Gasteiger partial charge in [-0.3, -0.25) is 14.8 Å². The Labute approximate surface area is 151 Å². The summed E-state index contributed by atoms with van der Waals surface area (Å²) in [5.74, 6) is 0. The Morgan fingerprint density at radius 1 is 0.957 bits per heavy atom. The minimum atomic E-state index is -4.22. The highest BCUT2D eigenvalue weighted by Crippen LogP contribution is 2.36. The number of rotatable bonds is 4. The maximum Gasteiger partial charge on any atom is 0.294 e. The molecule has 0 amide bonds. The maximum atomic E-state index is 12.4. The first-order valence-electron chi connectivity index (χ1n) is 5.73. The van der Waals surface area contributed by atoms with Crippen LogP contribution >= 0.6 is 46.4 Å². The third-order valence-corrected chi connectivity index (χ3v) is 5.47. The Kier molecular flexibility index (Phi) is 5.27. The van der Waals surface area contributed by atoms with Crippen LogP contribution in [0.5, 0.6) is 0 Å². The molecule has 0 aromatic heterocycles. The summed E-state index contributed by atoms with van der Waals surface area (Å²) in [6.45, 7) is 0. The molecule has 0 bridgehead atoms. The smallest absolute Gasteiger partial charge is 0.273 e. The van der Waals surface area contributed by atoms with Crippen LogP contribution < -0.4 is 4.72 Å². The molecule has 0 aliphatic heterocycles. The lowest BCUT2D eigenvalue weighted by Gasteiger charge is -2.11. The zero-order chi connectivity index (χ0) is 17.4. The number of benzene rings is 2. The number of nitro groups is 1. The fourth-order valence-electron chi connectivity index (χ4n) is 1.65. The van der Waals surface area contributed by atoms with E-state index in [1.807, 2.05) is 0 Å². The van der Waals surface area contributed by atoms with Crippen molar-refractivity contribution in [1.29, 1.82) is 0 Å². The van der Waals surface area contributed by atoms with Crippen LogP contribution in [0.4, 0.5) is 11.4 Å². The third kappa shape index (κ3) is 3.99. The number of sulfonamides is 1. The highest BCUT2D eigenvalue weighted by molar-refractivity contribution is 7.92. The number of hydrogen-bond donors (Lipinski definition) is 1. The normalized spacial score (nSPS) is 11.3. The van der Waals surface area contributed by atoms with E-state index in [-0.39, 0.29) is 30.7 Å². The molecule has 2 aromatic rings. The number of nitrogens with one attached hydrogen (secondary N) is 1. The van der Waals surface area contributed by atoms with Gasteiger partial charge in [0.05, 0.1) is 20.0 Å². The molecule has 0 saturated carbocycles. The molecule has 0 aliphatic rings. The van der Waals surface area contributed by atoms with Crippen molar-refractivity contribution >= 4 is 67.8 Å². The van der Waals surface area contributed by atoms with E-state index in [2.05, 4.69) is 4.72 Å². The molecule has 2 rings (SSSR count). The van der Waals surface area contributed by atoms with Gasteiger partial charge in [-0.1, -0.05) is 46.4 Å². The molecule has 23 heavy (non-hydrogen) atoms. The fourth-order valence-corrected chi connectivity index (χ4v) is 3.80. The number of anilines is 1. The lowest BCUT2D eigenvalue weighted by molar-refractivity contribution is -0.383. The van der Waals surface area contributed by atoms with Crippen molar-refractivity contribution in [2.24, 2.45) is 0 Å². The van der Waals surface area contributed by atoms with Crippen LogP contribution in [0, 0.1) is 10.1 Å². The molecule has 0 saturated heterocycles. The zero-order valence-corrected chi connectivity index (χ0v) is 14.7. The summed E-state index contributed by atoms with van der Waals surface area (Å²) in [6, 6.07) is 5.81. The summed E-state index contributed by atoms with van der Waals surface area (Å²) in [5.41, 5.74) is -0.901. The minimum Gasteiger partial charge on any atom is -0.273 e. The van der Waals surface area contributed by atoms with E-state index in [0.717, 1.165) is 18.2 Å². The van der Waals surface area contributed by atoms with Crippen molar-refractivity contribution in [1.82, 2.24) is 0 Å². The van der Waals surface area contributed by atoms with Crippen LogP contribution in [0.1, 0.15) is 0 Å².